The summed E-state index contributed by atoms with van der Waals surface area (Å²) in [7, 11) is 0. The molecule has 0 saturated heterocycles. The smallest absolute Gasteiger partial charge is 0.308 e. The molecule has 98 valence electrons. The molecular weight excluding hydrogens is 236 g/mol. The van der Waals surface area contributed by atoms with Gasteiger partial charge >= 0.3 is 5.97 Å². The van der Waals surface area contributed by atoms with Crippen LogP contribution in [0.25, 0.3) is 0 Å². The van der Waals surface area contributed by atoms with Gasteiger partial charge in [-0.1, -0.05) is 13.8 Å². The van der Waals surface area contributed by atoms with E-state index in [2.05, 4.69) is 0 Å². The Hall–Kier alpha value is -2.04. The summed E-state index contributed by atoms with van der Waals surface area (Å²) < 4.78 is 4.83. The van der Waals surface area contributed by atoms with Crippen molar-refractivity contribution in [1.82, 2.24) is 0 Å². The zero-order chi connectivity index (χ0) is 13.9. The molecule has 0 radical (unpaired) electrons. The Kier molecular flexibility index (Phi) is 4.31. The van der Waals surface area contributed by atoms with Crippen LogP contribution in [0, 0.1) is 5.92 Å². The first-order valence-electron chi connectivity index (χ1n) is 5.58. The minimum absolute atomic E-state index is 0.0725. The van der Waals surface area contributed by atoms with E-state index in [-0.39, 0.29) is 35.2 Å². The van der Waals surface area contributed by atoms with Crippen LogP contribution in [0.1, 0.15) is 37.6 Å². The number of carbonyl (C=O) groups excluding carboxylic acids is 2. The Bertz CT molecular complexity index is 477. The van der Waals surface area contributed by atoms with E-state index in [4.69, 9.17) is 4.74 Å². The van der Waals surface area contributed by atoms with Crippen LogP contribution >= 0.6 is 0 Å². The summed E-state index contributed by atoms with van der Waals surface area (Å²) >= 11 is 0. The number of ketones is 1. The van der Waals surface area contributed by atoms with Crippen LogP contribution in [-0.2, 0) is 4.79 Å². The Morgan fingerprint density at radius 1 is 1.28 bits per heavy atom. The molecule has 1 rings (SSSR count). The lowest BCUT2D eigenvalue weighted by molar-refractivity contribution is -0.131. The summed E-state index contributed by atoms with van der Waals surface area (Å²) in [5.74, 6) is -1.64. The predicted molar refractivity (Wildman–Crippen MR) is 64.9 cm³/mol. The number of Topliss-reactive ketones (excluding diaryl/α,β-unsaturated/α-hetero) is 1. The molecule has 0 heterocycles. The predicted octanol–water partition coefficient (Wildman–Crippen LogP) is 2.25. The minimum Gasteiger partial charge on any atom is -0.508 e. The van der Waals surface area contributed by atoms with E-state index in [1.807, 2.05) is 13.8 Å². The number of ether oxygens (including phenoxy) is 1. The van der Waals surface area contributed by atoms with E-state index >= 15 is 0 Å². The Morgan fingerprint density at radius 2 is 1.89 bits per heavy atom. The fraction of sp³-hybridized carbons (Fsp3) is 0.385. The van der Waals surface area contributed by atoms with Gasteiger partial charge in [0.25, 0.3) is 0 Å². The number of hydrogen-bond acceptors (Lipinski definition) is 5. The van der Waals surface area contributed by atoms with Crippen molar-refractivity contribution >= 4 is 11.8 Å². The third-order valence-corrected chi connectivity index (χ3v) is 2.19. The Labute approximate surface area is 105 Å². The van der Waals surface area contributed by atoms with Gasteiger partial charge in [0.1, 0.15) is 22.8 Å². The fourth-order valence-electron chi connectivity index (χ4n) is 1.58. The van der Waals surface area contributed by atoms with Gasteiger partial charge in [-0.3, -0.25) is 9.59 Å². The highest BCUT2D eigenvalue weighted by Gasteiger charge is 2.21. The van der Waals surface area contributed by atoms with E-state index in [1.165, 1.54) is 6.92 Å². The molecule has 2 N–H and O–H groups in total. The highest BCUT2D eigenvalue weighted by atomic mass is 16.5. The van der Waals surface area contributed by atoms with Gasteiger partial charge in [0.15, 0.2) is 5.78 Å². The first-order valence-corrected chi connectivity index (χ1v) is 5.58. The lowest BCUT2D eigenvalue weighted by Gasteiger charge is -2.11. The van der Waals surface area contributed by atoms with Crippen LogP contribution in [0.5, 0.6) is 17.2 Å². The molecule has 0 saturated carbocycles. The second-order valence-corrected chi connectivity index (χ2v) is 4.45. The number of benzene rings is 1. The van der Waals surface area contributed by atoms with E-state index < -0.39 is 11.7 Å². The summed E-state index contributed by atoms with van der Waals surface area (Å²) in [6.07, 6.45) is 0.215. The van der Waals surface area contributed by atoms with Crippen molar-refractivity contribution in [3.63, 3.8) is 0 Å². The monoisotopic (exact) mass is 252 g/mol. The van der Waals surface area contributed by atoms with Gasteiger partial charge < -0.3 is 14.9 Å². The summed E-state index contributed by atoms with van der Waals surface area (Å²) in [4.78, 5) is 22.9. The number of phenols is 2. The van der Waals surface area contributed by atoms with Crippen LogP contribution in [0.2, 0.25) is 0 Å². The highest BCUT2D eigenvalue weighted by Crippen LogP contribution is 2.34. The van der Waals surface area contributed by atoms with E-state index in [0.717, 1.165) is 12.1 Å². The van der Waals surface area contributed by atoms with Crippen LogP contribution in [0.3, 0.4) is 0 Å². The lowest BCUT2D eigenvalue weighted by atomic mass is 9.99. The molecule has 0 amide bonds. The SMILES string of the molecule is CC(=O)Oc1cc(O)cc(O)c1C(=O)CC(C)C. The maximum Gasteiger partial charge on any atom is 0.308 e. The molecule has 0 atom stereocenters. The molecule has 0 aliphatic heterocycles. The molecule has 1 aromatic rings. The van der Waals surface area contributed by atoms with E-state index in [9.17, 15) is 19.8 Å². The van der Waals surface area contributed by atoms with Gasteiger partial charge in [0, 0.05) is 25.5 Å². The second-order valence-electron chi connectivity index (χ2n) is 4.45. The van der Waals surface area contributed by atoms with Gasteiger partial charge in [-0.2, -0.15) is 0 Å². The molecule has 0 aromatic heterocycles. The quantitative estimate of drug-likeness (QED) is 0.488. The average molecular weight is 252 g/mol. The standard InChI is InChI=1S/C13H16O5/c1-7(2)4-10(16)13-11(17)5-9(15)6-12(13)18-8(3)14/h5-7,15,17H,4H2,1-3H3. The number of esters is 1. The molecule has 0 spiro atoms. The van der Waals surface area contributed by atoms with Gasteiger partial charge in [0.05, 0.1) is 0 Å². The third kappa shape index (κ3) is 3.48. The van der Waals surface area contributed by atoms with Gasteiger partial charge in [-0.25, -0.2) is 0 Å². The second kappa shape index (κ2) is 5.53. The lowest BCUT2D eigenvalue weighted by Crippen LogP contribution is -2.09. The van der Waals surface area contributed by atoms with Gasteiger partial charge in [-0.15, -0.1) is 0 Å². The maximum absolute atomic E-state index is 12.0. The number of rotatable bonds is 4. The van der Waals surface area contributed by atoms with E-state index in [0.29, 0.717) is 0 Å². The first kappa shape index (κ1) is 14.0. The number of carbonyl (C=O) groups is 2. The molecule has 5 nitrogen and oxygen atoms in total. The summed E-state index contributed by atoms with van der Waals surface area (Å²) in [5.41, 5.74) is -0.0725. The molecule has 0 unspecified atom stereocenters. The summed E-state index contributed by atoms with van der Waals surface area (Å²) in [6, 6.07) is 2.18. The van der Waals surface area contributed by atoms with Crippen LogP contribution < -0.4 is 4.74 Å². The van der Waals surface area contributed by atoms with Crippen LogP contribution in [0.4, 0.5) is 0 Å². The average Bonchev–Trinajstić information content (AvgIpc) is 2.12. The fourth-order valence-corrected chi connectivity index (χ4v) is 1.58. The Balaban J connectivity index is 3.22. The molecule has 0 fully saturated rings. The summed E-state index contributed by atoms with van der Waals surface area (Å²) in [5, 5.41) is 19.0. The molecule has 1 aromatic carbocycles. The highest BCUT2D eigenvalue weighted by molar-refractivity contribution is 6.02. The number of phenolic OH excluding ortho intramolecular Hbond substituents is 2. The third-order valence-electron chi connectivity index (χ3n) is 2.19. The first-order chi connectivity index (χ1) is 8.31. The number of aromatic hydroxyl groups is 2. The largest absolute Gasteiger partial charge is 0.508 e. The normalized spacial score (nSPS) is 10.4. The zero-order valence-electron chi connectivity index (χ0n) is 10.6. The topological polar surface area (TPSA) is 83.8 Å². The molecule has 18 heavy (non-hydrogen) atoms. The van der Waals surface area contributed by atoms with Crippen molar-refractivity contribution in [1.29, 1.82) is 0 Å². The van der Waals surface area contributed by atoms with Gasteiger partial charge in [-0.05, 0) is 5.92 Å². The van der Waals surface area contributed by atoms with Gasteiger partial charge in [0.2, 0.25) is 0 Å². The summed E-state index contributed by atoms with van der Waals surface area (Å²) in [6.45, 7) is 4.90. The van der Waals surface area contributed by atoms with Crippen LogP contribution in [0.15, 0.2) is 12.1 Å². The molecule has 0 aliphatic carbocycles. The van der Waals surface area contributed by atoms with Crippen molar-refractivity contribution in [2.24, 2.45) is 5.92 Å². The van der Waals surface area contributed by atoms with Crippen LogP contribution in [-0.4, -0.2) is 22.0 Å². The minimum atomic E-state index is -0.626. The van der Waals surface area contributed by atoms with Crippen molar-refractivity contribution in [2.75, 3.05) is 0 Å². The maximum atomic E-state index is 12.0. The zero-order valence-corrected chi connectivity index (χ0v) is 10.6. The van der Waals surface area contributed by atoms with Crippen molar-refractivity contribution in [2.45, 2.75) is 27.2 Å². The molecular formula is C13H16O5. The van der Waals surface area contributed by atoms with E-state index in [1.54, 1.807) is 0 Å². The Morgan fingerprint density at radius 3 is 2.39 bits per heavy atom. The van der Waals surface area contributed by atoms with Crippen molar-refractivity contribution in [3.8, 4) is 17.2 Å². The molecule has 5 heteroatoms. The van der Waals surface area contributed by atoms with Crippen molar-refractivity contribution in [3.05, 3.63) is 17.7 Å². The molecule has 0 aliphatic rings. The molecule has 0 bridgehead atoms. The number of hydrogen-bond donors (Lipinski definition) is 2. The van der Waals surface area contributed by atoms with Crippen molar-refractivity contribution < 1.29 is 24.5 Å².